The van der Waals surface area contributed by atoms with Crippen molar-refractivity contribution in [2.75, 3.05) is 0 Å². The van der Waals surface area contributed by atoms with Crippen LogP contribution in [0.4, 0.5) is 0 Å². The molecule has 98 valence electrons. The van der Waals surface area contributed by atoms with Crippen molar-refractivity contribution in [3.63, 3.8) is 0 Å². The summed E-state index contributed by atoms with van der Waals surface area (Å²) < 4.78 is 12.5. The highest BCUT2D eigenvalue weighted by Gasteiger charge is 2.12. The van der Waals surface area contributed by atoms with Crippen molar-refractivity contribution in [2.45, 2.75) is 16.2 Å². The third-order valence-electron chi connectivity index (χ3n) is 2.63. The lowest BCUT2D eigenvalue weighted by Crippen LogP contribution is -2.16. The molecule has 0 aliphatic heterocycles. The fourth-order valence-electron chi connectivity index (χ4n) is 1.73. The summed E-state index contributed by atoms with van der Waals surface area (Å²) in [6, 6.07) is 16.5. The van der Waals surface area contributed by atoms with Gasteiger partial charge in [0.2, 0.25) is 0 Å². The molecule has 0 spiro atoms. The Balaban J connectivity index is 2.37. The predicted molar refractivity (Wildman–Crippen MR) is 74.7 cm³/mol. The van der Waals surface area contributed by atoms with Crippen LogP contribution >= 0.6 is 0 Å². The molecule has 0 aliphatic carbocycles. The molecule has 0 fully saturated rings. The highest BCUT2D eigenvalue weighted by atomic mass is 32.2. The van der Waals surface area contributed by atoms with Crippen molar-refractivity contribution in [3.8, 4) is 0 Å². The van der Waals surface area contributed by atoms with Crippen LogP contribution in [0, 0.1) is 0 Å². The molecule has 19 heavy (non-hydrogen) atoms. The van der Waals surface area contributed by atoms with Crippen LogP contribution in [0.25, 0.3) is 0 Å². The molecular formula is C14H14N2O2S. The van der Waals surface area contributed by atoms with Gasteiger partial charge in [0.05, 0.1) is 10.8 Å². The zero-order valence-electron chi connectivity index (χ0n) is 10.2. The number of hydrogen-bond donors (Lipinski definition) is 2. The molecule has 2 aromatic carbocycles. The van der Waals surface area contributed by atoms with Crippen LogP contribution in [-0.2, 0) is 17.2 Å². The summed E-state index contributed by atoms with van der Waals surface area (Å²) in [4.78, 5) is 1.41. The fraction of sp³-hybridized carbons (Fsp3) is 0.0714. The van der Waals surface area contributed by atoms with Gasteiger partial charge in [0, 0.05) is 16.2 Å². The Bertz CT molecular complexity index is 612. The van der Waals surface area contributed by atoms with Crippen LogP contribution in [0.5, 0.6) is 0 Å². The molecule has 0 aromatic heterocycles. The molecule has 1 atom stereocenters. The van der Waals surface area contributed by atoms with Crippen LogP contribution in [0.3, 0.4) is 0 Å². The van der Waals surface area contributed by atoms with Gasteiger partial charge in [-0.25, -0.2) is 4.21 Å². The Morgan fingerprint density at radius 1 is 1.11 bits per heavy atom. The summed E-state index contributed by atoms with van der Waals surface area (Å²) in [6.45, 7) is 0. The molecular weight excluding hydrogens is 260 g/mol. The summed E-state index contributed by atoms with van der Waals surface area (Å²) in [5.41, 5.74) is 6.31. The lowest BCUT2D eigenvalue weighted by Gasteiger charge is -2.08. The van der Waals surface area contributed by atoms with Crippen molar-refractivity contribution in [3.05, 3.63) is 60.2 Å². The van der Waals surface area contributed by atoms with Crippen LogP contribution < -0.4 is 5.73 Å². The SMILES string of the molecule is N/C(Cc1ccccc1[S@@](=O)c1ccccc1)=N\O. The van der Waals surface area contributed by atoms with Crippen molar-refractivity contribution in [2.24, 2.45) is 10.9 Å². The molecule has 0 radical (unpaired) electrons. The largest absolute Gasteiger partial charge is 0.409 e. The van der Waals surface area contributed by atoms with E-state index in [0.29, 0.717) is 4.90 Å². The zero-order valence-corrected chi connectivity index (χ0v) is 11.0. The number of benzene rings is 2. The molecule has 0 aliphatic rings. The van der Waals surface area contributed by atoms with Crippen LogP contribution in [0.1, 0.15) is 5.56 Å². The second kappa shape index (κ2) is 6.15. The minimum absolute atomic E-state index is 0.0949. The van der Waals surface area contributed by atoms with Gasteiger partial charge in [0.1, 0.15) is 5.84 Å². The van der Waals surface area contributed by atoms with E-state index in [9.17, 15) is 4.21 Å². The first-order valence-electron chi connectivity index (χ1n) is 5.73. The molecule has 0 unspecified atom stereocenters. The Kier molecular flexibility index (Phi) is 4.30. The van der Waals surface area contributed by atoms with Crippen molar-refractivity contribution < 1.29 is 9.42 Å². The van der Waals surface area contributed by atoms with E-state index in [0.717, 1.165) is 10.5 Å². The maximum absolute atomic E-state index is 12.5. The van der Waals surface area contributed by atoms with Crippen LogP contribution in [0.2, 0.25) is 0 Å². The summed E-state index contributed by atoms with van der Waals surface area (Å²) in [5, 5.41) is 11.6. The van der Waals surface area contributed by atoms with Gasteiger partial charge in [-0.2, -0.15) is 0 Å². The van der Waals surface area contributed by atoms with Crippen LogP contribution in [-0.4, -0.2) is 15.3 Å². The second-order valence-electron chi connectivity index (χ2n) is 3.96. The number of oxime groups is 1. The van der Waals surface area contributed by atoms with Gasteiger partial charge in [-0.3, -0.25) is 0 Å². The Labute approximate surface area is 114 Å². The first kappa shape index (κ1) is 13.3. The smallest absolute Gasteiger partial charge is 0.143 e. The summed E-state index contributed by atoms with van der Waals surface area (Å²) in [7, 11) is -1.27. The normalized spacial score (nSPS) is 13.2. The number of hydrogen-bond acceptors (Lipinski definition) is 3. The second-order valence-corrected chi connectivity index (χ2v) is 5.41. The number of rotatable bonds is 4. The van der Waals surface area contributed by atoms with Gasteiger partial charge in [-0.15, -0.1) is 0 Å². The average Bonchev–Trinajstić information content (AvgIpc) is 2.48. The van der Waals surface area contributed by atoms with E-state index in [-0.39, 0.29) is 12.3 Å². The minimum atomic E-state index is -1.27. The van der Waals surface area contributed by atoms with Gasteiger partial charge in [-0.1, -0.05) is 41.6 Å². The minimum Gasteiger partial charge on any atom is -0.409 e. The molecule has 2 aromatic rings. The third-order valence-corrected chi connectivity index (χ3v) is 4.13. The lowest BCUT2D eigenvalue weighted by atomic mass is 10.1. The molecule has 0 saturated heterocycles. The van der Waals surface area contributed by atoms with Gasteiger partial charge in [0.15, 0.2) is 0 Å². The van der Waals surface area contributed by atoms with Crippen molar-refractivity contribution >= 4 is 16.6 Å². The molecule has 0 amide bonds. The van der Waals surface area contributed by atoms with Crippen molar-refractivity contribution in [1.29, 1.82) is 0 Å². The monoisotopic (exact) mass is 274 g/mol. The van der Waals surface area contributed by atoms with Gasteiger partial charge in [0.25, 0.3) is 0 Å². The Hall–Kier alpha value is -2.14. The maximum atomic E-state index is 12.5. The Morgan fingerprint density at radius 2 is 1.74 bits per heavy atom. The number of nitrogens with two attached hydrogens (primary N) is 1. The van der Waals surface area contributed by atoms with E-state index in [2.05, 4.69) is 5.16 Å². The zero-order chi connectivity index (χ0) is 13.7. The number of nitrogens with zero attached hydrogens (tertiary/aromatic N) is 1. The van der Waals surface area contributed by atoms with Gasteiger partial charge < -0.3 is 10.9 Å². The highest BCUT2D eigenvalue weighted by molar-refractivity contribution is 7.85. The van der Waals surface area contributed by atoms with E-state index >= 15 is 0 Å². The van der Waals surface area contributed by atoms with E-state index in [4.69, 9.17) is 10.9 Å². The number of amidine groups is 1. The van der Waals surface area contributed by atoms with Gasteiger partial charge >= 0.3 is 0 Å². The molecule has 0 bridgehead atoms. The standard InChI is InChI=1S/C14H14N2O2S/c15-14(16-17)10-11-6-4-5-9-13(11)19(18)12-7-2-1-3-8-12/h1-9,17H,10H2,(H2,15,16)/t19-/m0/s1. The Morgan fingerprint density at radius 3 is 2.42 bits per heavy atom. The molecule has 3 N–H and O–H groups in total. The highest BCUT2D eigenvalue weighted by Crippen LogP contribution is 2.20. The summed E-state index contributed by atoms with van der Waals surface area (Å²) in [6.07, 6.45) is 0.269. The fourth-order valence-corrected chi connectivity index (χ4v) is 2.97. The summed E-state index contributed by atoms with van der Waals surface area (Å²) in [5.74, 6) is 0.0949. The average molecular weight is 274 g/mol. The van der Waals surface area contributed by atoms with Crippen LogP contribution in [0.15, 0.2) is 69.5 Å². The van der Waals surface area contributed by atoms with E-state index in [1.807, 2.05) is 48.5 Å². The third kappa shape index (κ3) is 3.20. The molecule has 4 nitrogen and oxygen atoms in total. The molecule has 0 saturated carbocycles. The molecule has 5 heteroatoms. The topological polar surface area (TPSA) is 75.7 Å². The quantitative estimate of drug-likeness (QED) is 0.388. The van der Waals surface area contributed by atoms with Gasteiger partial charge in [-0.05, 0) is 23.8 Å². The van der Waals surface area contributed by atoms with E-state index < -0.39 is 10.8 Å². The first-order chi connectivity index (χ1) is 9.22. The molecule has 0 heterocycles. The van der Waals surface area contributed by atoms with E-state index in [1.54, 1.807) is 6.07 Å². The predicted octanol–water partition coefficient (Wildman–Crippen LogP) is 2.14. The molecule has 2 rings (SSSR count). The maximum Gasteiger partial charge on any atom is 0.143 e. The van der Waals surface area contributed by atoms with E-state index in [1.165, 1.54) is 0 Å². The van der Waals surface area contributed by atoms with Crippen molar-refractivity contribution in [1.82, 2.24) is 0 Å². The summed E-state index contributed by atoms with van der Waals surface area (Å²) >= 11 is 0. The lowest BCUT2D eigenvalue weighted by molar-refractivity contribution is 0.317. The first-order valence-corrected chi connectivity index (χ1v) is 6.88.